The summed E-state index contributed by atoms with van der Waals surface area (Å²) in [5.41, 5.74) is 0.831. The highest BCUT2D eigenvalue weighted by Gasteiger charge is 2.34. The fourth-order valence-electron chi connectivity index (χ4n) is 4.01. The van der Waals surface area contributed by atoms with Crippen LogP contribution < -0.4 is 5.32 Å². The molecule has 2 heterocycles. The molecule has 3 rings (SSSR count). The fourth-order valence-corrected chi connectivity index (χ4v) is 4.58. The molecule has 2 unspecified atom stereocenters. The lowest BCUT2D eigenvalue weighted by molar-refractivity contribution is -0.138. The zero-order chi connectivity index (χ0) is 19.4. The van der Waals surface area contributed by atoms with Crippen molar-refractivity contribution in [3.05, 3.63) is 33.8 Å². The maximum absolute atomic E-state index is 12.8. The van der Waals surface area contributed by atoms with E-state index in [1.54, 1.807) is 12.1 Å². The molecule has 2 aliphatic heterocycles. The third-order valence-corrected chi connectivity index (χ3v) is 6.03. The summed E-state index contributed by atoms with van der Waals surface area (Å²) in [5.74, 6) is 0.100. The number of nitrogens with one attached hydrogen (secondary N) is 1. The molecule has 1 aromatic rings. The van der Waals surface area contributed by atoms with Crippen LogP contribution in [0.25, 0.3) is 0 Å². The van der Waals surface area contributed by atoms with Gasteiger partial charge in [0.1, 0.15) is 0 Å². The van der Waals surface area contributed by atoms with Crippen molar-refractivity contribution >= 4 is 35.0 Å². The summed E-state index contributed by atoms with van der Waals surface area (Å²) in [6.07, 6.45) is 5.06. The van der Waals surface area contributed by atoms with Crippen molar-refractivity contribution < 1.29 is 9.59 Å². The molecule has 1 aromatic carbocycles. The summed E-state index contributed by atoms with van der Waals surface area (Å²) in [5, 5.41) is 4.11. The topological polar surface area (TPSA) is 52.7 Å². The smallest absolute Gasteiger partial charge is 0.239 e. The van der Waals surface area contributed by atoms with Crippen molar-refractivity contribution in [3.63, 3.8) is 0 Å². The van der Waals surface area contributed by atoms with E-state index >= 15 is 0 Å². The van der Waals surface area contributed by atoms with E-state index in [9.17, 15) is 9.59 Å². The van der Waals surface area contributed by atoms with Crippen molar-refractivity contribution in [1.82, 2.24) is 15.1 Å². The SMILES string of the molecule is CC(NC(=O)CN1CCCCC1C(=O)N1CCCC1)c1ccc(Cl)cc1Cl. The summed E-state index contributed by atoms with van der Waals surface area (Å²) in [6.45, 7) is 4.62. The molecule has 0 saturated carbocycles. The van der Waals surface area contributed by atoms with Crippen molar-refractivity contribution in [2.75, 3.05) is 26.2 Å². The first-order valence-corrected chi connectivity index (χ1v) is 10.5. The molecule has 5 nitrogen and oxygen atoms in total. The molecule has 0 aliphatic carbocycles. The second kappa shape index (κ2) is 9.26. The molecule has 0 spiro atoms. The van der Waals surface area contributed by atoms with E-state index < -0.39 is 0 Å². The van der Waals surface area contributed by atoms with Gasteiger partial charge in [0.15, 0.2) is 0 Å². The number of amides is 2. The number of carbonyl (C=O) groups is 2. The average molecular weight is 412 g/mol. The average Bonchev–Trinajstić information content (AvgIpc) is 3.16. The second-order valence-electron chi connectivity index (χ2n) is 7.47. The quantitative estimate of drug-likeness (QED) is 0.804. The Bertz CT molecular complexity index is 692. The van der Waals surface area contributed by atoms with Gasteiger partial charge in [-0.05, 0) is 56.8 Å². The Morgan fingerprint density at radius 2 is 1.85 bits per heavy atom. The molecule has 27 heavy (non-hydrogen) atoms. The molecule has 0 bridgehead atoms. The van der Waals surface area contributed by atoms with E-state index in [-0.39, 0.29) is 30.4 Å². The largest absolute Gasteiger partial charge is 0.348 e. The Morgan fingerprint density at radius 1 is 1.15 bits per heavy atom. The van der Waals surface area contributed by atoms with Crippen LogP contribution in [0.2, 0.25) is 10.0 Å². The lowest BCUT2D eigenvalue weighted by Crippen LogP contribution is -2.53. The molecule has 2 atom stereocenters. The monoisotopic (exact) mass is 411 g/mol. The molecule has 1 N–H and O–H groups in total. The molecular formula is C20H27Cl2N3O2. The first-order valence-electron chi connectivity index (χ1n) is 9.73. The minimum atomic E-state index is -0.222. The summed E-state index contributed by atoms with van der Waals surface area (Å²) in [6, 6.07) is 4.88. The molecular weight excluding hydrogens is 385 g/mol. The summed E-state index contributed by atoms with van der Waals surface area (Å²) < 4.78 is 0. The Morgan fingerprint density at radius 3 is 2.56 bits per heavy atom. The van der Waals surface area contributed by atoms with Gasteiger partial charge in [0, 0.05) is 23.1 Å². The maximum atomic E-state index is 12.8. The van der Waals surface area contributed by atoms with E-state index in [2.05, 4.69) is 5.32 Å². The van der Waals surface area contributed by atoms with Crippen LogP contribution in [0.5, 0.6) is 0 Å². The van der Waals surface area contributed by atoms with Crippen molar-refractivity contribution in [3.8, 4) is 0 Å². The third-order valence-electron chi connectivity index (χ3n) is 5.47. The normalized spacial score (nSPS) is 21.9. The van der Waals surface area contributed by atoms with Crippen LogP contribution in [0.15, 0.2) is 18.2 Å². The number of likely N-dealkylation sites (tertiary alicyclic amines) is 2. The van der Waals surface area contributed by atoms with E-state index in [0.29, 0.717) is 10.0 Å². The zero-order valence-corrected chi connectivity index (χ0v) is 17.2. The molecule has 2 saturated heterocycles. The van der Waals surface area contributed by atoms with Gasteiger partial charge in [0.2, 0.25) is 11.8 Å². The maximum Gasteiger partial charge on any atom is 0.239 e. The molecule has 7 heteroatoms. The molecule has 2 aliphatic rings. The van der Waals surface area contributed by atoms with Gasteiger partial charge in [-0.15, -0.1) is 0 Å². The number of benzene rings is 1. The Labute approximate surface area is 171 Å². The highest BCUT2D eigenvalue weighted by molar-refractivity contribution is 6.35. The first-order chi connectivity index (χ1) is 13.0. The molecule has 2 amide bonds. The summed E-state index contributed by atoms with van der Waals surface area (Å²) >= 11 is 12.2. The molecule has 2 fully saturated rings. The Balaban J connectivity index is 1.60. The first kappa shape index (κ1) is 20.4. The lowest BCUT2D eigenvalue weighted by Gasteiger charge is -2.36. The van der Waals surface area contributed by atoms with Crippen LogP contribution >= 0.6 is 23.2 Å². The number of halogens is 2. The van der Waals surface area contributed by atoms with Crippen molar-refractivity contribution in [2.45, 2.75) is 51.1 Å². The molecule has 0 radical (unpaired) electrons. The van der Waals surface area contributed by atoms with Gasteiger partial charge >= 0.3 is 0 Å². The fraction of sp³-hybridized carbons (Fsp3) is 0.600. The summed E-state index contributed by atoms with van der Waals surface area (Å²) in [7, 11) is 0. The highest BCUT2D eigenvalue weighted by atomic mass is 35.5. The van der Waals surface area contributed by atoms with Gasteiger partial charge in [-0.25, -0.2) is 0 Å². The van der Waals surface area contributed by atoms with E-state index in [1.807, 2.05) is 22.8 Å². The lowest BCUT2D eigenvalue weighted by atomic mass is 10.0. The van der Waals surface area contributed by atoms with Crippen molar-refractivity contribution in [1.29, 1.82) is 0 Å². The van der Waals surface area contributed by atoms with Gasteiger partial charge in [-0.1, -0.05) is 35.7 Å². The number of nitrogens with zero attached hydrogens (tertiary/aromatic N) is 2. The van der Waals surface area contributed by atoms with Gasteiger partial charge in [0.25, 0.3) is 0 Å². The van der Waals surface area contributed by atoms with Crippen LogP contribution in [-0.4, -0.2) is 53.8 Å². The number of carbonyl (C=O) groups excluding carboxylic acids is 2. The number of rotatable bonds is 5. The van der Waals surface area contributed by atoms with Crippen LogP contribution in [0.1, 0.15) is 50.6 Å². The van der Waals surface area contributed by atoms with E-state index in [1.165, 1.54) is 0 Å². The van der Waals surface area contributed by atoms with Crippen LogP contribution in [0.4, 0.5) is 0 Å². The van der Waals surface area contributed by atoms with Gasteiger partial charge < -0.3 is 10.2 Å². The predicted octanol–water partition coefficient (Wildman–Crippen LogP) is 3.65. The Hall–Kier alpha value is -1.30. The summed E-state index contributed by atoms with van der Waals surface area (Å²) in [4.78, 5) is 29.4. The number of hydrogen-bond acceptors (Lipinski definition) is 3. The predicted molar refractivity (Wildman–Crippen MR) is 108 cm³/mol. The van der Waals surface area contributed by atoms with Crippen molar-refractivity contribution in [2.24, 2.45) is 0 Å². The molecule has 0 aromatic heterocycles. The van der Waals surface area contributed by atoms with Crippen LogP contribution in [-0.2, 0) is 9.59 Å². The van der Waals surface area contributed by atoms with E-state index in [0.717, 1.165) is 57.3 Å². The zero-order valence-electron chi connectivity index (χ0n) is 15.7. The minimum absolute atomic E-state index is 0.0883. The van der Waals surface area contributed by atoms with Gasteiger partial charge in [0.05, 0.1) is 18.6 Å². The minimum Gasteiger partial charge on any atom is -0.348 e. The third kappa shape index (κ3) is 5.15. The van der Waals surface area contributed by atoms with E-state index in [4.69, 9.17) is 23.2 Å². The van der Waals surface area contributed by atoms with Crippen LogP contribution in [0.3, 0.4) is 0 Å². The highest BCUT2D eigenvalue weighted by Crippen LogP contribution is 2.26. The standard InChI is InChI=1S/C20H27Cl2N3O2/c1-14(16-8-7-15(21)12-17(16)22)23-19(26)13-25-11-3-2-6-18(25)20(27)24-9-4-5-10-24/h7-8,12,14,18H,2-6,9-11,13H2,1H3,(H,23,26). The number of piperidine rings is 1. The second-order valence-corrected chi connectivity index (χ2v) is 8.31. The molecule has 148 valence electrons. The Kier molecular flexibility index (Phi) is 7.01. The van der Waals surface area contributed by atoms with Gasteiger partial charge in [-0.3, -0.25) is 14.5 Å². The van der Waals surface area contributed by atoms with Crippen LogP contribution in [0, 0.1) is 0 Å². The number of hydrogen-bond donors (Lipinski definition) is 1. The van der Waals surface area contributed by atoms with Gasteiger partial charge in [-0.2, -0.15) is 0 Å².